The maximum absolute atomic E-state index is 14.1. The number of halogens is 2. The zero-order chi connectivity index (χ0) is 23.5. The Hall–Kier alpha value is -3.27. The van der Waals surface area contributed by atoms with E-state index in [4.69, 9.17) is 16.1 Å². The van der Waals surface area contributed by atoms with E-state index in [9.17, 15) is 14.0 Å². The minimum absolute atomic E-state index is 0.0717. The van der Waals surface area contributed by atoms with Gasteiger partial charge in [-0.05, 0) is 55.5 Å². The average molecular weight is 475 g/mol. The molecule has 174 valence electrons. The van der Waals surface area contributed by atoms with E-state index in [0.717, 1.165) is 18.4 Å². The van der Waals surface area contributed by atoms with Crippen molar-refractivity contribution in [2.75, 3.05) is 0 Å². The highest BCUT2D eigenvalue weighted by molar-refractivity contribution is 6.28. The summed E-state index contributed by atoms with van der Waals surface area (Å²) < 4.78 is 22.0. The quantitative estimate of drug-likeness (QED) is 0.291. The Balaban J connectivity index is 1.46. The highest BCUT2D eigenvalue weighted by Crippen LogP contribution is 2.22. The molecule has 0 bridgehead atoms. The summed E-state index contributed by atoms with van der Waals surface area (Å²) in [5.74, 6) is 0.144. The molecular weight excluding hydrogens is 451 g/mol. The van der Waals surface area contributed by atoms with Crippen molar-refractivity contribution >= 4 is 22.8 Å². The number of aromatic amines is 1. The maximum atomic E-state index is 14.1. The smallest absolute Gasteiger partial charge is 0.332 e. The fourth-order valence-corrected chi connectivity index (χ4v) is 3.84. The molecule has 1 aromatic carbocycles. The van der Waals surface area contributed by atoms with Gasteiger partial charge in [0.2, 0.25) is 5.28 Å². The predicted molar refractivity (Wildman–Crippen MR) is 122 cm³/mol. The topological polar surface area (TPSA) is 112 Å². The lowest BCUT2D eigenvalue weighted by Crippen LogP contribution is -2.40. The van der Waals surface area contributed by atoms with Crippen LogP contribution in [0.4, 0.5) is 4.39 Å². The molecule has 0 atom stereocenters. The van der Waals surface area contributed by atoms with Gasteiger partial charge >= 0.3 is 5.69 Å². The van der Waals surface area contributed by atoms with Crippen molar-refractivity contribution in [2.45, 2.75) is 59.0 Å². The van der Waals surface area contributed by atoms with Crippen molar-refractivity contribution in [2.24, 2.45) is 0 Å². The number of fused-ring (bicyclic) bond motifs is 1. The van der Waals surface area contributed by atoms with Gasteiger partial charge in [-0.1, -0.05) is 24.6 Å². The number of nitrogens with zero attached hydrogens (tertiary/aromatic N) is 5. The van der Waals surface area contributed by atoms with Gasteiger partial charge in [-0.25, -0.2) is 9.18 Å². The van der Waals surface area contributed by atoms with Gasteiger partial charge in [0, 0.05) is 19.5 Å². The van der Waals surface area contributed by atoms with Crippen molar-refractivity contribution in [3.8, 4) is 11.5 Å². The van der Waals surface area contributed by atoms with Crippen LogP contribution in [0.15, 0.2) is 32.3 Å². The molecule has 0 radical (unpaired) electrons. The summed E-state index contributed by atoms with van der Waals surface area (Å²) in [6.07, 6.45) is 3.29. The number of rotatable bonds is 9. The third-order valence-electron chi connectivity index (χ3n) is 5.42. The SMILES string of the molecule is CCCCn1c(=O)n(CCCCc2noc(-c3ccc(C)cc3F)n2)c(=O)c2[nH]c(Cl)nc21. The van der Waals surface area contributed by atoms with Crippen LogP contribution >= 0.6 is 11.6 Å². The Morgan fingerprint density at radius 3 is 2.67 bits per heavy atom. The van der Waals surface area contributed by atoms with Crippen molar-refractivity contribution < 1.29 is 8.91 Å². The van der Waals surface area contributed by atoms with E-state index in [-0.39, 0.29) is 34.4 Å². The number of hydrogen-bond acceptors (Lipinski definition) is 6. The second-order valence-corrected chi connectivity index (χ2v) is 8.28. The summed E-state index contributed by atoms with van der Waals surface area (Å²) in [6, 6.07) is 4.79. The first-order valence-electron chi connectivity index (χ1n) is 10.9. The fraction of sp³-hybridized carbons (Fsp3) is 0.409. The van der Waals surface area contributed by atoms with Crippen LogP contribution in [-0.2, 0) is 19.5 Å². The van der Waals surface area contributed by atoms with Crippen LogP contribution in [0.5, 0.6) is 0 Å². The first kappa shape index (κ1) is 22.9. The number of imidazole rings is 1. The highest BCUT2D eigenvalue weighted by atomic mass is 35.5. The monoisotopic (exact) mass is 474 g/mol. The molecule has 0 spiro atoms. The zero-order valence-electron chi connectivity index (χ0n) is 18.4. The van der Waals surface area contributed by atoms with Gasteiger partial charge in [-0.15, -0.1) is 0 Å². The molecule has 9 nitrogen and oxygen atoms in total. The van der Waals surface area contributed by atoms with Crippen LogP contribution in [-0.4, -0.2) is 29.2 Å². The molecule has 0 aliphatic carbocycles. The molecule has 0 fully saturated rings. The normalized spacial score (nSPS) is 11.5. The van der Waals surface area contributed by atoms with Gasteiger partial charge in [0.1, 0.15) is 5.82 Å². The number of aryl methyl sites for hydroxylation is 3. The van der Waals surface area contributed by atoms with Crippen LogP contribution in [0.3, 0.4) is 0 Å². The average Bonchev–Trinajstić information content (AvgIpc) is 3.40. The highest BCUT2D eigenvalue weighted by Gasteiger charge is 2.17. The predicted octanol–water partition coefficient (Wildman–Crippen LogP) is 3.86. The molecule has 0 saturated heterocycles. The second kappa shape index (κ2) is 9.70. The Bertz CT molecular complexity index is 1400. The standard InChI is InChI=1S/C22H24ClFN6O3/c1-3-4-10-29-18-17(26-21(23)27-18)20(31)30(22(29)32)11-6-5-7-16-25-19(33-28-16)14-9-8-13(2)12-15(14)24/h8-9,12H,3-7,10-11H2,1-2H3,(H,26,27). The maximum Gasteiger partial charge on any atom is 0.332 e. The van der Waals surface area contributed by atoms with Crippen molar-refractivity contribution in [3.05, 3.63) is 61.5 Å². The van der Waals surface area contributed by atoms with Crippen molar-refractivity contribution in [3.63, 3.8) is 0 Å². The summed E-state index contributed by atoms with van der Waals surface area (Å²) in [4.78, 5) is 36.9. The van der Waals surface area contributed by atoms with E-state index >= 15 is 0 Å². The van der Waals surface area contributed by atoms with E-state index in [1.54, 1.807) is 19.1 Å². The lowest BCUT2D eigenvalue weighted by atomic mass is 10.1. The van der Waals surface area contributed by atoms with E-state index in [1.807, 2.05) is 6.92 Å². The number of nitrogens with one attached hydrogen (secondary N) is 1. The van der Waals surface area contributed by atoms with E-state index in [1.165, 1.54) is 15.2 Å². The molecule has 4 aromatic rings. The molecular formula is C22H24ClFN6O3. The van der Waals surface area contributed by atoms with Crippen LogP contribution in [0.1, 0.15) is 44.0 Å². The Morgan fingerprint density at radius 1 is 1.12 bits per heavy atom. The first-order chi connectivity index (χ1) is 15.9. The number of H-pyrrole nitrogens is 1. The van der Waals surface area contributed by atoms with E-state index in [2.05, 4.69) is 20.1 Å². The summed E-state index contributed by atoms with van der Waals surface area (Å²) in [6.45, 7) is 4.50. The lowest BCUT2D eigenvalue weighted by Gasteiger charge is -2.10. The molecule has 3 aromatic heterocycles. The minimum atomic E-state index is -0.446. The van der Waals surface area contributed by atoms with Gasteiger partial charge in [0.25, 0.3) is 11.4 Å². The summed E-state index contributed by atoms with van der Waals surface area (Å²) in [7, 11) is 0. The fourth-order valence-electron chi connectivity index (χ4n) is 3.66. The van der Waals surface area contributed by atoms with Gasteiger partial charge in [0.15, 0.2) is 17.0 Å². The van der Waals surface area contributed by atoms with Crippen molar-refractivity contribution in [1.82, 2.24) is 29.2 Å². The third kappa shape index (κ3) is 4.75. The lowest BCUT2D eigenvalue weighted by molar-refractivity contribution is 0.418. The Labute approximate surface area is 193 Å². The molecule has 3 heterocycles. The van der Waals surface area contributed by atoms with Gasteiger partial charge in [-0.3, -0.25) is 13.9 Å². The minimum Gasteiger partial charge on any atom is -0.334 e. The van der Waals surface area contributed by atoms with Crippen molar-refractivity contribution in [1.29, 1.82) is 0 Å². The largest absolute Gasteiger partial charge is 0.334 e. The molecule has 11 heteroatoms. The molecule has 33 heavy (non-hydrogen) atoms. The number of hydrogen-bond donors (Lipinski definition) is 1. The van der Waals surface area contributed by atoms with Crippen LogP contribution < -0.4 is 11.2 Å². The molecule has 0 aliphatic heterocycles. The summed E-state index contributed by atoms with van der Waals surface area (Å²) >= 11 is 5.95. The Morgan fingerprint density at radius 2 is 1.91 bits per heavy atom. The molecule has 0 amide bonds. The number of aromatic nitrogens is 6. The van der Waals surface area contributed by atoms with Gasteiger partial charge in [-0.2, -0.15) is 9.97 Å². The van der Waals surface area contributed by atoms with E-state index in [0.29, 0.717) is 31.6 Å². The summed E-state index contributed by atoms with van der Waals surface area (Å²) in [5.41, 5.74) is 0.710. The Kier molecular flexibility index (Phi) is 6.73. The van der Waals surface area contributed by atoms with Crippen LogP contribution in [0.25, 0.3) is 22.6 Å². The van der Waals surface area contributed by atoms with E-state index < -0.39 is 17.1 Å². The van der Waals surface area contributed by atoms with Crippen LogP contribution in [0, 0.1) is 12.7 Å². The number of benzene rings is 1. The van der Waals surface area contributed by atoms with Crippen LogP contribution in [0.2, 0.25) is 5.28 Å². The van der Waals surface area contributed by atoms with Gasteiger partial charge < -0.3 is 9.51 Å². The zero-order valence-corrected chi connectivity index (χ0v) is 19.2. The van der Waals surface area contributed by atoms with Gasteiger partial charge in [0.05, 0.1) is 5.56 Å². The number of unbranched alkanes of at least 4 members (excludes halogenated alkanes) is 2. The molecule has 0 aliphatic rings. The summed E-state index contributed by atoms with van der Waals surface area (Å²) in [5, 5.41) is 3.98. The molecule has 1 N–H and O–H groups in total. The third-order valence-corrected chi connectivity index (χ3v) is 5.60. The first-order valence-corrected chi connectivity index (χ1v) is 11.2. The molecule has 0 unspecified atom stereocenters. The molecule has 0 saturated carbocycles. The second-order valence-electron chi connectivity index (χ2n) is 7.93. The molecule has 4 rings (SSSR count).